The fourth-order valence-corrected chi connectivity index (χ4v) is 2.55. The molecule has 0 bridgehead atoms. The van der Waals surface area contributed by atoms with Crippen molar-refractivity contribution < 1.29 is 21.2 Å². The van der Waals surface area contributed by atoms with Gasteiger partial charge < -0.3 is 0 Å². The summed E-state index contributed by atoms with van der Waals surface area (Å²) in [6.45, 7) is 4.34. The summed E-state index contributed by atoms with van der Waals surface area (Å²) in [6, 6.07) is 6.72. The van der Waals surface area contributed by atoms with Gasteiger partial charge in [0.2, 0.25) is 0 Å². The van der Waals surface area contributed by atoms with Gasteiger partial charge in [-0.1, -0.05) is 0 Å². The zero-order valence-electron chi connectivity index (χ0n) is 6.61. The molecule has 1 aromatic rings. The summed E-state index contributed by atoms with van der Waals surface area (Å²) in [6.07, 6.45) is 0. The summed E-state index contributed by atoms with van der Waals surface area (Å²) in [7, 11) is 0. The van der Waals surface area contributed by atoms with E-state index in [1.165, 1.54) is 11.1 Å². The molecule has 0 unspecified atom stereocenters. The molecule has 0 amide bonds. The number of halogens is 1. The second-order valence-electron chi connectivity index (χ2n) is 2.44. The van der Waals surface area contributed by atoms with E-state index in [9.17, 15) is 0 Å². The summed E-state index contributed by atoms with van der Waals surface area (Å²) >= 11 is 0.275. The molecule has 1 rings (SSSR count). The molecule has 1 heteroatoms. The molecule has 0 saturated carbocycles. The van der Waals surface area contributed by atoms with Crippen LogP contribution in [0.1, 0.15) is 11.1 Å². The Balaban J connectivity index is 3.07. The van der Waals surface area contributed by atoms with Gasteiger partial charge in [-0.2, -0.15) is 0 Å². The van der Waals surface area contributed by atoms with E-state index in [1.807, 2.05) is 0 Å². The minimum absolute atomic E-state index is 0.275. The Labute approximate surface area is 72.9 Å². The third-order valence-electron chi connectivity index (χ3n) is 1.52. The van der Waals surface area contributed by atoms with Crippen molar-refractivity contribution in [3.05, 3.63) is 32.9 Å². The Morgan fingerprint density at radius 3 is 2.40 bits per heavy atom. The SMILES string of the molecule is C[I-]c1ccc(C)cc1C. The number of alkyl halides is 1. The molecule has 0 spiro atoms. The van der Waals surface area contributed by atoms with Gasteiger partial charge in [0, 0.05) is 0 Å². The van der Waals surface area contributed by atoms with Crippen LogP contribution in [-0.2, 0) is 0 Å². The van der Waals surface area contributed by atoms with Crippen LogP contribution in [0.2, 0.25) is 0 Å². The molecule has 0 N–H and O–H groups in total. The van der Waals surface area contributed by atoms with Crippen molar-refractivity contribution >= 4 is 0 Å². The first-order valence-corrected chi connectivity index (χ1v) is 6.54. The topological polar surface area (TPSA) is 0 Å². The normalized spacial score (nSPS) is 10.3. The summed E-state index contributed by atoms with van der Waals surface area (Å²) in [5, 5.41) is 0. The van der Waals surface area contributed by atoms with Crippen LogP contribution >= 0.6 is 0 Å². The van der Waals surface area contributed by atoms with Gasteiger partial charge >= 0.3 is 72.9 Å². The van der Waals surface area contributed by atoms with Gasteiger partial charge in [0.05, 0.1) is 0 Å². The number of aryl methyl sites for hydroxylation is 2. The van der Waals surface area contributed by atoms with E-state index < -0.39 is 0 Å². The first-order valence-electron chi connectivity index (χ1n) is 3.30. The Morgan fingerprint density at radius 1 is 1.20 bits per heavy atom. The molecule has 0 heterocycles. The number of rotatable bonds is 1. The average Bonchev–Trinajstić information content (AvgIpc) is 1.88. The standard InChI is InChI=1S/C9H12I/c1-7-4-5-9(10-3)8(2)6-7/h4-6H,1-3H3/q-1. The van der Waals surface area contributed by atoms with Crippen LogP contribution in [0, 0.1) is 17.4 Å². The van der Waals surface area contributed by atoms with E-state index in [0.717, 1.165) is 0 Å². The average molecular weight is 247 g/mol. The Morgan fingerprint density at radius 2 is 1.90 bits per heavy atom. The van der Waals surface area contributed by atoms with Gasteiger partial charge in [0.25, 0.3) is 0 Å². The number of hydrogen-bond donors (Lipinski definition) is 0. The molecule has 10 heavy (non-hydrogen) atoms. The summed E-state index contributed by atoms with van der Waals surface area (Å²) in [5.41, 5.74) is 2.84. The van der Waals surface area contributed by atoms with Crippen LogP contribution in [-0.4, -0.2) is 4.93 Å². The molecular formula is C9H12I-. The molecule has 0 radical (unpaired) electrons. The van der Waals surface area contributed by atoms with Gasteiger partial charge in [0.1, 0.15) is 0 Å². The monoisotopic (exact) mass is 247 g/mol. The molecule has 0 fully saturated rings. The van der Waals surface area contributed by atoms with Crippen LogP contribution in [0.25, 0.3) is 0 Å². The van der Waals surface area contributed by atoms with Gasteiger partial charge in [0.15, 0.2) is 0 Å². The fraction of sp³-hybridized carbons (Fsp3) is 0.333. The molecule has 1 aromatic carbocycles. The number of hydrogen-bond acceptors (Lipinski definition) is 0. The molecule has 0 atom stereocenters. The van der Waals surface area contributed by atoms with Crippen molar-refractivity contribution in [1.82, 2.24) is 0 Å². The van der Waals surface area contributed by atoms with Crippen molar-refractivity contribution in [3.8, 4) is 0 Å². The minimum atomic E-state index is 0.275. The van der Waals surface area contributed by atoms with Crippen molar-refractivity contribution in [1.29, 1.82) is 0 Å². The van der Waals surface area contributed by atoms with Gasteiger partial charge in [-0.25, -0.2) is 0 Å². The third kappa shape index (κ3) is 1.72. The summed E-state index contributed by atoms with van der Waals surface area (Å²) < 4.78 is 1.57. The van der Waals surface area contributed by atoms with Crippen LogP contribution in [0.4, 0.5) is 0 Å². The predicted molar refractivity (Wildman–Crippen MR) is 40.5 cm³/mol. The molecule has 56 valence electrons. The Bertz CT molecular complexity index is 228. The molecule has 0 aliphatic heterocycles. The number of benzene rings is 1. The quantitative estimate of drug-likeness (QED) is 0.450. The van der Waals surface area contributed by atoms with Crippen molar-refractivity contribution in [2.75, 3.05) is 4.93 Å². The van der Waals surface area contributed by atoms with Gasteiger partial charge in [-0.3, -0.25) is 0 Å². The van der Waals surface area contributed by atoms with Gasteiger partial charge in [-0.05, 0) is 0 Å². The second-order valence-corrected chi connectivity index (χ2v) is 4.68. The third-order valence-corrected chi connectivity index (χ3v) is 3.89. The van der Waals surface area contributed by atoms with E-state index in [4.69, 9.17) is 0 Å². The Kier molecular flexibility index (Phi) is 2.72. The first-order chi connectivity index (χ1) is 4.74. The van der Waals surface area contributed by atoms with Crippen LogP contribution < -0.4 is 21.2 Å². The zero-order chi connectivity index (χ0) is 7.56. The van der Waals surface area contributed by atoms with E-state index in [1.54, 1.807) is 3.57 Å². The van der Waals surface area contributed by atoms with Crippen LogP contribution in [0.3, 0.4) is 0 Å². The van der Waals surface area contributed by atoms with Crippen molar-refractivity contribution in [3.63, 3.8) is 0 Å². The van der Waals surface area contributed by atoms with Crippen molar-refractivity contribution in [2.24, 2.45) is 0 Å². The van der Waals surface area contributed by atoms with E-state index in [-0.39, 0.29) is 21.2 Å². The predicted octanol–water partition coefficient (Wildman–Crippen LogP) is -0.808. The molecular weight excluding hydrogens is 235 g/mol. The molecule has 0 aromatic heterocycles. The van der Waals surface area contributed by atoms with Crippen LogP contribution in [0.15, 0.2) is 18.2 Å². The second kappa shape index (κ2) is 3.37. The van der Waals surface area contributed by atoms with E-state index >= 15 is 0 Å². The fourth-order valence-electron chi connectivity index (χ4n) is 1.01. The molecule has 0 aliphatic rings. The van der Waals surface area contributed by atoms with Gasteiger partial charge in [-0.15, -0.1) is 0 Å². The molecule has 0 aliphatic carbocycles. The van der Waals surface area contributed by atoms with E-state index in [0.29, 0.717) is 0 Å². The van der Waals surface area contributed by atoms with Crippen molar-refractivity contribution in [2.45, 2.75) is 13.8 Å². The first kappa shape index (κ1) is 8.05. The Hall–Kier alpha value is -0.0500. The summed E-state index contributed by atoms with van der Waals surface area (Å²) in [5.74, 6) is 0. The summed E-state index contributed by atoms with van der Waals surface area (Å²) in [4.78, 5) is 2.30. The van der Waals surface area contributed by atoms with E-state index in [2.05, 4.69) is 37.0 Å². The molecule has 0 nitrogen and oxygen atoms in total. The maximum atomic E-state index is 2.30. The van der Waals surface area contributed by atoms with Crippen LogP contribution in [0.5, 0.6) is 0 Å². The molecule has 0 saturated heterocycles. The maximum absolute atomic E-state index is 2.30. The zero-order valence-corrected chi connectivity index (χ0v) is 8.77.